The van der Waals surface area contributed by atoms with E-state index in [0.717, 1.165) is 16.7 Å². The smallest absolute Gasteiger partial charge is 0.258 e. The molecule has 4 N–H and O–H groups in total. The highest BCUT2D eigenvalue weighted by Gasteiger charge is 2.13. The average molecular weight is 405 g/mol. The van der Waals surface area contributed by atoms with Gasteiger partial charge in [0.05, 0.1) is 34.3 Å². The van der Waals surface area contributed by atoms with Crippen molar-refractivity contribution in [3.05, 3.63) is 84.4 Å². The van der Waals surface area contributed by atoms with Crippen molar-refractivity contribution >= 4 is 51.3 Å². The lowest BCUT2D eigenvalue weighted by molar-refractivity contribution is 0.102. The molecule has 0 saturated carbocycles. The number of hydrogen-bond donors (Lipinski definition) is 4. The van der Waals surface area contributed by atoms with Gasteiger partial charge in [-0.25, -0.2) is 9.37 Å². The maximum Gasteiger partial charge on any atom is 0.258 e. The molecule has 0 aliphatic heterocycles. The Labute approximate surface area is 171 Å². The summed E-state index contributed by atoms with van der Waals surface area (Å²) < 4.78 is 13.9. The van der Waals surface area contributed by atoms with Gasteiger partial charge < -0.3 is 20.9 Å². The first-order valence-electron chi connectivity index (χ1n) is 8.76. The predicted molar refractivity (Wildman–Crippen MR) is 117 cm³/mol. The maximum atomic E-state index is 13.9. The van der Waals surface area contributed by atoms with Gasteiger partial charge in [0.15, 0.2) is 5.11 Å². The van der Waals surface area contributed by atoms with E-state index in [9.17, 15) is 9.18 Å². The van der Waals surface area contributed by atoms with Gasteiger partial charge in [0.25, 0.3) is 5.91 Å². The lowest BCUT2D eigenvalue weighted by Gasteiger charge is -2.15. The molecule has 1 heterocycles. The van der Waals surface area contributed by atoms with Crippen molar-refractivity contribution in [1.82, 2.24) is 9.97 Å². The third kappa shape index (κ3) is 4.22. The molecule has 144 valence electrons. The number of thiocarbonyl (C=S) groups is 1. The monoisotopic (exact) mass is 405 g/mol. The molecule has 0 aliphatic rings. The zero-order chi connectivity index (χ0) is 20.2. The summed E-state index contributed by atoms with van der Waals surface area (Å²) in [5, 5.41) is 9.20. The lowest BCUT2D eigenvalue weighted by Crippen LogP contribution is -2.21. The van der Waals surface area contributed by atoms with Crippen LogP contribution in [0.1, 0.15) is 10.4 Å². The Morgan fingerprint density at radius 3 is 2.45 bits per heavy atom. The summed E-state index contributed by atoms with van der Waals surface area (Å²) in [6.07, 6.45) is 1.62. The molecule has 6 nitrogen and oxygen atoms in total. The Morgan fingerprint density at radius 2 is 1.66 bits per heavy atom. The van der Waals surface area contributed by atoms with Gasteiger partial charge in [-0.05, 0) is 54.7 Å². The molecule has 29 heavy (non-hydrogen) atoms. The molecule has 0 saturated heterocycles. The van der Waals surface area contributed by atoms with Gasteiger partial charge in [0.1, 0.15) is 5.82 Å². The molecule has 0 fully saturated rings. The van der Waals surface area contributed by atoms with E-state index in [1.165, 1.54) is 18.2 Å². The van der Waals surface area contributed by atoms with Crippen LogP contribution in [0.15, 0.2) is 73.1 Å². The Morgan fingerprint density at radius 1 is 0.931 bits per heavy atom. The van der Waals surface area contributed by atoms with Crippen molar-refractivity contribution in [2.45, 2.75) is 0 Å². The van der Waals surface area contributed by atoms with E-state index in [1.807, 2.05) is 18.2 Å². The molecule has 8 heteroatoms. The number of para-hydroxylation sites is 2. The summed E-state index contributed by atoms with van der Waals surface area (Å²) in [6.45, 7) is 0. The van der Waals surface area contributed by atoms with E-state index in [1.54, 1.807) is 36.7 Å². The van der Waals surface area contributed by atoms with Crippen LogP contribution in [0.3, 0.4) is 0 Å². The molecule has 0 radical (unpaired) electrons. The van der Waals surface area contributed by atoms with Gasteiger partial charge in [-0.2, -0.15) is 0 Å². The van der Waals surface area contributed by atoms with E-state index in [0.29, 0.717) is 16.5 Å². The Hall–Kier alpha value is -3.78. The number of fused-ring (bicyclic) bond motifs is 1. The summed E-state index contributed by atoms with van der Waals surface area (Å²) in [5.41, 5.74) is 3.54. The van der Waals surface area contributed by atoms with Gasteiger partial charge in [-0.3, -0.25) is 4.79 Å². The molecular formula is C21H16FN5OS. The first kappa shape index (κ1) is 18.6. The molecule has 0 bridgehead atoms. The first-order chi connectivity index (χ1) is 14.1. The molecule has 0 unspecified atom stereocenters. The van der Waals surface area contributed by atoms with Crippen LogP contribution in [0.5, 0.6) is 0 Å². The summed E-state index contributed by atoms with van der Waals surface area (Å²) in [7, 11) is 0. The van der Waals surface area contributed by atoms with Crippen LogP contribution in [0.2, 0.25) is 0 Å². The van der Waals surface area contributed by atoms with Crippen LogP contribution in [-0.2, 0) is 0 Å². The van der Waals surface area contributed by atoms with E-state index in [2.05, 4.69) is 25.9 Å². The fourth-order valence-corrected chi connectivity index (χ4v) is 3.06. The molecule has 3 aromatic carbocycles. The summed E-state index contributed by atoms with van der Waals surface area (Å²) in [5.74, 6) is -1.12. The molecule has 0 atom stereocenters. The molecule has 4 aromatic rings. The molecule has 1 amide bonds. The minimum Gasteiger partial charge on any atom is -0.345 e. The fraction of sp³-hybridized carbons (Fsp3) is 0. The molecule has 1 aromatic heterocycles. The normalized spacial score (nSPS) is 10.5. The zero-order valence-electron chi connectivity index (χ0n) is 15.1. The number of imidazole rings is 1. The number of carbonyl (C=O) groups excluding carboxylic acids is 1. The molecule has 0 spiro atoms. The molecular weight excluding hydrogens is 389 g/mol. The second-order valence-corrected chi connectivity index (χ2v) is 6.60. The quantitative estimate of drug-likeness (QED) is 0.368. The topological polar surface area (TPSA) is 81.8 Å². The summed E-state index contributed by atoms with van der Waals surface area (Å²) in [6, 6.07) is 18.5. The highest BCUT2D eigenvalue weighted by Crippen LogP contribution is 2.23. The van der Waals surface area contributed by atoms with E-state index in [-0.39, 0.29) is 5.56 Å². The maximum absolute atomic E-state index is 13.9. The standard InChI is InChI=1S/C21H16FN5OS/c22-15-6-2-1-5-14(15)20(28)26-17-7-3-4-8-18(17)27-21(29)25-13-9-10-16-19(11-13)24-12-23-16/h1-12H,(H,23,24)(H,26,28)(H2,25,27,29). The molecule has 4 rings (SSSR count). The van der Waals surface area contributed by atoms with Gasteiger partial charge in [0.2, 0.25) is 0 Å². The average Bonchev–Trinajstić information content (AvgIpc) is 3.17. The number of carbonyl (C=O) groups is 1. The van der Waals surface area contributed by atoms with Crippen molar-refractivity contribution in [2.75, 3.05) is 16.0 Å². The number of halogens is 1. The number of benzene rings is 3. The second-order valence-electron chi connectivity index (χ2n) is 6.19. The third-order valence-corrected chi connectivity index (χ3v) is 4.43. The number of aromatic nitrogens is 2. The van der Waals surface area contributed by atoms with E-state index < -0.39 is 11.7 Å². The number of nitrogens with zero attached hydrogens (tertiary/aromatic N) is 1. The van der Waals surface area contributed by atoms with Crippen molar-refractivity contribution in [3.8, 4) is 0 Å². The Balaban J connectivity index is 1.48. The Kier molecular flexibility index (Phi) is 5.17. The SMILES string of the molecule is O=C(Nc1ccccc1NC(=S)Nc1ccc2[nH]cnc2c1)c1ccccc1F. The number of anilines is 3. The summed E-state index contributed by atoms with van der Waals surface area (Å²) in [4.78, 5) is 19.7. The van der Waals surface area contributed by atoms with Crippen LogP contribution in [0, 0.1) is 5.82 Å². The summed E-state index contributed by atoms with van der Waals surface area (Å²) >= 11 is 5.38. The largest absolute Gasteiger partial charge is 0.345 e. The van der Waals surface area contributed by atoms with Gasteiger partial charge >= 0.3 is 0 Å². The number of nitrogens with one attached hydrogen (secondary N) is 4. The van der Waals surface area contributed by atoms with E-state index in [4.69, 9.17) is 12.2 Å². The Bertz CT molecular complexity index is 1210. The number of amides is 1. The first-order valence-corrected chi connectivity index (χ1v) is 9.17. The lowest BCUT2D eigenvalue weighted by atomic mass is 10.2. The van der Waals surface area contributed by atoms with Gasteiger partial charge in [-0.1, -0.05) is 24.3 Å². The van der Waals surface area contributed by atoms with Crippen molar-refractivity contribution in [1.29, 1.82) is 0 Å². The number of rotatable bonds is 4. The minimum atomic E-state index is -0.582. The highest BCUT2D eigenvalue weighted by molar-refractivity contribution is 7.80. The third-order valence-electron chi connectivity index (χ3n) is 4.22. The highest BCUT2D eigenvalue weighted by atomic mass is 32.1. The number of H-pyrrole nitrogens is 1. The van der Waals surface area contributed by atoms with Gasteiger partial charge in [-0.15, -0.1) is 0 Å². The zero-order valence-corrected chi connectivity index (χ0v) is 15.9. The van der Waals surface area contributed by atoms with Crippen LogP contribution in [0.4, 0.5) is 21.5 Å². The fourth-order valence-electron chi connectivity index (χ4n) is 2.83. The van der Waals surface area contributed by atoms with Crippen molar-refractivity contribution in [2.24, 2.45) is 0 Å². The van der Waals surface area contributed by atoms with Crippen molar-refractivity contribution in [3.63, 3.8) is 0 Å². The van der Waals surface area contributed by atoms with Gasteiger partial charge in [0, 0.05) is 5.69 Å². The van der Waals surface area contributed by atoms with Crippen LogP contribution >= 0.6 is 12.2 Å². The van der Waals surface area contributed by atoms with Crippen LogP contribution in [0.25, 0.3) is 11.0 Å². The van der Waals surface area contributed by atoms with Crippen LogP contribution < -0.4 is 16.0 Å². The predicted octanol–water partition coefficient (Wildman–Crippen LogP) is 4.76. The van der Waals surface area contributed by atoms with Crippen molar-refractivity contribution < 1.29 is 9.18 Å². The minimum absolute atomic E-state index is 0.0321. The second kappa shape index (κ2) is 8.07. The molecule has 0 aliphatic carbocycles. The number of hydrogen-bond acceptors (Lipinski definition) is 3. The number of aromatic amines is 1. The van der Waals surface area contributed by atoms with E-state index >= 15 is 0 Å². The van der Waals surface area contributed by atoms with Crippen LogP contribution in [-0.4, -0.2) is 21.0 Å².